The van der Waals surface area contributed by atoms with Gasteiger partial charge in [-0.25, -0.2) is 19.9 Å². The van der Waals surface area contributed by atoms with Crippen LogP contribution < -0.4 is 0 Å². The first-order chi connectivity index (χ1) is 22.8. The predicted octanol–water partition coefficient (Wildman–Crippen LogP) is 10.7. The molecule has 0 aliphatic rings. The highest BCUT2D eigenvalue weighted by Crippen LogP contribution is 2.40. The van der Waals surface area contributed by atoms with Crippen molar-refractivity contribution in [3.05, 3.63) is 146 Å². The molecule has 0 aliphatic carbocycles. The SMILES string of the molecule is c1ccc(-c2nc(-c3ccccc3)nc(-c3ccc(-c4cccc5oc6ccc(-c7nc8ccccc8s7)cc6c45)cc3)n2)cc1. The zero-order chi connectivity index (χ0) is 30.5. The predicted molar refractivity (Wildman–Crippen MR) is 187 cm³/mol. The van der Waals surface area contributed by atoms with Crippen LogP contribution in [0.15, 0.2) is 150 Å². The van der Waals surface area contributed by atoms with E-state index in [2.05, 4.69) is 66.7 Å². The standard InChI is InChI=1S/C40H24N4OS/c1-3-10-26(11-4-1)37-42-38(27-12-5-2-6-13-27)44-39(43-37)28-20-18-25(19-21-28)30-14-9-16-34-36(30)31-24-29(22-23-33(31)45-34)40-41-32-15-7-8-17-35(32)46-40/h1-24H. The van der Waals surface area contributed by atoms with Crippen molar-refractivity contribution >= 4 is 43.5 Å². The van der Waals surface area contributed by atoms with E-state index in [1.165, 1.54) is 4.70 Å². The second-order valence-corrected chi connectivity index (χ2v) is 12.1. The summed E-state index contributed by atoms with van der Waals surface area (Å²) in [6.45, 7) is 0. The Hall–Kier alpha value is -5.98. The number of furan rings is 1. The third-order valence-electron chi connectivity index (χ3n) is 8.19. The lowest BCUT2D eigenvalue weighted by Crippen LogP contribution is -2.00. The molecule has 3 heterocycles. The molecule has 216 valence electrons. The molecule has 6 heteroatoms. The fraction of sp³-hybridized carbons (Fsp3) is 0. The Labute approximate surface area is 268 Å². The fourth-order valence-corrected chi connectivity index (χ4v) is 6.89. The van der Waals surface area contributed by atoms with Crippen LogP contribution in [-0.2, 0) is 0 Å². The van der Waals surface area contributed by atoms with Gasteiger partial charge in [0.25, 0.3) is 0 Å². The summed E-state index contributed by atoms with van der Waals surface area (Å²) in [4.78, 5) is 19.5. The van der Waals surface area contributed by atoms with E-state index >= 15 is 0 Å². The van der Waals surface area contributed by atoms with Crippen LogP contribution in [0.3, 0.4) is 0 Å². The van der Waals surface area contributed by atoms with Gasteiger partial charge < -0.3 is 4.42 Å². The molecule has 5 nitrogen and oxygen atoms in total. The molecule has 0 saturated carbocycles. The van der Waals surface area contributed by atoms with Crippen LogP contribution in [0.5, 0.6) is 0 Å². The van der Waals surface area contributed by atoms with Gasteiger partial charge in [0, 0.05) is 33.0 Å². The summed E-state index contributed by atoms with van der Waals surface area (Å²) in [7, 11) is 0. The molecule has 0 aliphatic heterocycles. The summed E-state index contributed by atoms with van der Waals surface area (Å²) >= 11 is 1.71. The summed E-state index contributed by atoms with van der Waals surface area (Å²) in [6, 6.07) is 49.4. The summed E-state index contributed by atoms with van der Waals surface area (Å²) < 4.78 is 7.50. The molecule has 0 saturated heterocycles. The average Bonchev–Trinajstić information content (AvgIpc) is 3.74. The molecule has 46 heavy (non-hydrogen) atoms. The first-order valence-electron chi connectivity index (χ1n) is 15.1. The lowest BCUT2D eigenvalue weighted by Gasteiger charge is -2.09. The van der Waals surface area contributed by atoms with Gasteiger partial charge in [-0.1, -0.05) is 109 Å². The van der Waals surface area contributed by atoms with Crippen molar-refractivity contribution in [3.8, 4) is 55.9 Å². The molecule has 0 amide bonds. The highest BCUT2D eigenvalue weighted by atomic mass is 32.1. The fourth-order valence-electron chi connectivity index (χ4n) is 5.93. The molecule has 9 aromatic rings. The smallest absolute Gasteiger partial charge is 0.164 e. The summed E-state index contributed by atoms with van der Waals surface area (Å²) in [5.41, 5.74) is 8.82. The van der Waals surface area contributed by atoms with Crippen LogP contribution in [0, 0.1) is 0 Å². The number of fused-ring (bicyclic) bond motifs is 4. The van der Waals surface area contributed by atoms with E-state index in [1.807, 2.05) is 78.9 Å². The number of para-hydroxylation sites is 1. The van der Waals surface area contributed by atoms with Gasteiger partial charge in [0.05, 0.1) is 10.2 Å². The van der Waals surface area contributed by atoms with E-state index in [9.17, 15) is 0 Å². The summed E-state index contributed by atoms with van der Waals surface area (Å²) in [5, 5.41) is 3.16. The average molecular weight is 609 g/mol. The van der Waals surface area contributed by atoms with Gasteiger partial charge >= 0.3 is 0 Å². The molecule has 0 spiro atoms. The molecule has 3 aromatic heterocycles. The third-order valence-corrected chi connectivity index (χ3v) is 9.27. The Morgan fingerprint density at radius 1 is 0.435 bits per heavy atom. The number of hydrogen-bond acceptors (Lipinski definition) is 6. The normalized spacial score (nSPS) is 11.5. The van der Waals surface area contributed by atoms with E-state index < -0.39 is 0 Å². The van der Waals surface area contributed by atoms with E-state index in [0.29, 0.717) is 17.5 Å². The van der Waals surface area contributed by atoms with E-state index in [1.54, 1.807) is 11.3 Å². The lowest BCUT2D eigenvalue weighted by molar-refractivity contribution is 0.669. The molecule has 0 atom stereocenters. The maximum absolute atomic E-state index is 6.32. The molecule has 6 aromatic carbocycles. The molecule has 0 radical (unpaired) electrons. The quantitative estimate of drug-likeness (QED) is 0.194. The van der Waals surface area contributed by atoms with Gasteiger partial charge in [-0.3, -0.25) is 0 Å². The molecule has 0 unspecified atom stereocenters. The molecular weight excluding hydrogens is 585 g/mol. The summed E-state index contributed by atoms with van der Waals surface area (Å²) in [5.74, 6) is 1.92. The number of aromatic nitrogens is 4. The van der Waals surface area contributed by atoms with E-state index in [-0.39, 0.29) is 0 Å². The number of thiazole rings is 1. The van der Waals surface area contributed by atoms with Gasteiger partial charge in [0.15, 0.2) is 17.5 Å². The second kappa shape index (κ2) is 10.9. The van der Waals surface area contributed by atoms with Gasteiger partial charge in [0.1, 0.15) is 16.2 Å². The van der Waals surface area contributed by atoms with Gasteiger partial charge in [-0.2, -0.15) is 0 Å². The zero-order valence-electron chi connectivity index (χ0n) is 24.5. The topological polar surface area (TPSA) is 64.7 Å². The van der Waals surface area contributed by atoms with Gasteiger partial charge in [0.2, 0.25) is 0 Å². The zero-order valence-corrected chi connectivity index (χ0v) is 25.3. The largest absolute Gasteiger partial charge is 0.456 e. The molecule has 0 N–H and O–H groups in total. The minimum Gasteiger partial charge on any atom is -0.456 e. The Morgan fingerprint density at radius 3 is 1.70 bits per heavy atom. The highest BCUT2D eigenvalue weighted by Gasteiger charge is 2.16. The number of hydrogen-bond donors (Lipinski definition) is 0. The Morgan fingerprint density at radius 2 is 1.02 bits per heavy atom. The van der Waals surface area contributed by atoms with Crippen molar-refractivity contribution in [2.24, 2.45) is 0 Å². The van der Waals surface area contributed by atoms with Gasteiger partial charge in [-0.05, 0) is 47.5 Å². The second-order valence-electron chi connectivity index (χ2n) is 11.1. The first kappa shape index (κ1) is 26.4. The highest BCUT2D eigenvalue weighted by molar-refractivity contribution is 7.21. The van der Waals surface area contributed by atoms with Crippen molar-refractivity contribution in [2.75, 3.05) is 0 Å². The Balaban J connectivity index is 1.14. The van der Waals surface area contributed by atoms with Crippen molar-refractivity contribution in [1.29, 1.82) is 0 Å². The van der Waals surface area contributed by atoms with Crippen molar-refractivity contribution in [1.82, 2.24) is 19.9 Å². The summed E-state index contributed by atoms with van der Waals surface area (Å²) in [6.07, 6.45) is 0. The third kappa shape index (κ3) is 4.64. The molecule has 0 fully saturated rings. The van der Waals surface area contributed by atoms with Crippen LogP contribution >= 0.6 is 11.3 Å². The minimum absolute atomic E-state index is 0.631. The minimum atomic E-state index is 0.631. The van der Waals surface area contributed by atoms with Crippen LogP contribution in [-0.4, -0.2) is 19.9 Å². The number of benzene rings is 6. The van der Waals surface area contributed by atoms with Crippen molar-refractivity contribution in [2.45, 2.75) is 0 Å². The molecular formula is C40H24N4OS. The lowest BCUT2D eigenvalue weighted by atomic mass is 9.98. The van der Waals surface area contributed by atoms with Crippen LogP contribution in [0.4, 0.5) is 0 Å². The Kier molecular flexibility index (Phi) is 6.25. The maximum atomic E-state index is 6.32. The molecule has 0 bridgehead atoms. The number of nitrogens with zero attached hydrogens (tertiary/aromatic N) is 4. The first-order valence-corrected chi connectivity index (χ1v) is 15.9. The van der Waals surface area contributed by atoms with Gasteiger partial charge in [-0.15, -0.1) is 11.3 Å². The van der Waals surface area contributed by atoms with E-state index in [4.69, 9.17) is 24.4 Å². The maximum Gasteiger partial charge on any atom is 0.164 e. The monoisotopic (exact) mass is 608 g/mol. The van der Waals surface area contributed by atoms with Crippen molar-refractivity contribution in [3.63, 3.8) is 0 Å². The van der Waals surface area contributed by atoms with E-state index in [0.717, 1.165) is 65.8 Å². The van der Waals surface area contributed by atoms with Crippen LogP contribution in [0.25, 0.3) is 88.0 Å². The van der Waals surface area contributed by atoms with Crippen molar-refractivity contribution < 1.29 is 4.42 Å². The van der Waals surface area contributed by atoms with Crippen LogP contribution in [0.2, 0.25) is 0 Å². The Bertz CT molecular complexity index is 2430. The molecule has 9 rings (SSSR count). The van der Waals surface area contributed by atoms with Crippen LogP contribution in [0.1, 0.15) is 0 Å². The number of rotatable bonds is 5.